The van der Waals surface area contributed by atoms with Crippen LogP contribution in [0.4, 0.5) is 0 Å². The molecule has 1 aromatic carbocycles. The third-order valence-corrected chi connectivity index (χ3v) is 2.27. The first kappa shape index (κ1) is 9.95. The highest BCUT2D eigenvalue weighted by Gasteiger charge is 2.22. The van der Waals surface area contributed by atoms with Gasteiger partial charge in [0.2, 0.25) is 0 Å². The maximum absolute atomic E-state index is 11.8. The van der Waals surface area contributed by atoms with Crippen molar-refractivity contribution in [2.24, 2.45) is 5.92 Å². The first-order valence-corrected chi connectivity index (χ1v) is 4.57. The first-order valence-electron chi connectivity index (χ1n) is 4.57. The fourth-order valence-electron chi connectivity index (χ4n) is 1.47. The molecule has 0 aliphatic heterocycles. The summed E-state index contributed by atoms with van der Waals surface area (Å²) in [5.41, 5.74) is 0.851. The lowest BCUT2D eigenvalue weighted by atomic mass is 10.00. The van der Waals surface area contributed by atoms with E-state index in [9.17, 15) is 4.79 Å². The van der Waals surface area contributed by atoms with Crippen LogP contribution in [0.3, 0.4) is 0 Å². The van der Waals surface area contributed by atoms with Crippen LogP contribution in [-0.2, 0) is 0 Å². The minimum Gasteiger partial charge on any atom is -0.464 e. The SMILES string of the molecule is N#CC(C#N)C(=O)c1coc2ccccc12. The highest BCUT2D eigenvalue weighted by Crippen LogP contribution is 2.22. The molecule has 0 saturated heterocycles. The highest BCUT2D eigenvalue weighted by molar-refractivity contribution is 6.10. The normalized spacial score (nSPS) is 9.94. The standard InChI is InChI=1S/C12H6N2O2/c13-5-8(6-14)12(15)10-7-16-11-4-2-1-3-9(10)11/h1-4,7-8H. The zero-order valence-corrected chi connectivity index (χ0v) is 8.18. The molecule has 0 fully saturated rings. The van der Waals surface area contributed by atoms with Crippen LogP contribution >= 0.6 is 0 Å². The number of hydrogen-bond donors (Lipinski definition) is 0. The van der Waals surface area contributed by atoms with Gasteiger partial charge in [0, 0.05) is 5.39 Å². The monoisotopic (exact) mass is 210 g/mol. The minimum atomic E-state index is -1.28. The van der Waals surface area contributed by atoms with Gasteiger partial charge in [-0.25, -0.2) is 0 Å². The minimum absolute atomic E-state index is 0.281. The van der Waals surface area contributed by atoms with Gasteiger partial charge in [-0.05, 0) is 6.07 Å². The Bertz CT molecular complexity index is 614. The van der Waals surface area contributed by atoms with Crippen LogP contribution in [0.25, 0.3) is 11.0 Å². The van der Waals surface area contributed by atoms with Crippen molar-refractivity contribution >= 4 is 16.8 Å². The Labute approximate surface area is 91.3 Å². The molecule has 2 rings (SSSR count). The summed E-state index contributed by atoms with van der Waals surface area (Å²) in [5, 5.41) is 17.9. The molecule has 0 unspecified atom stereocenters. The Kier molecular flexibility index (Phi) is 2.41. The predicted molar refractivity (Wildman–Crippen MR) is 55.3 cm³/mol. The second kappa shape index (κ2) is 3.88. The van der Waals surface area contributed by atoms with Crippen molar-refractivity contribution in [2.45, 2.75) is 0 Å². The topological polar surface area (TPSA) is 77.8 Å². The van der Waals surface area contributed by atoms with Crippen molar-refractivity contribution in [1.82, 2.24) is 0 Å². The molecule has 4 heteroatoms. The van der Waals surface area contributed by atoms with Crippen LogP contribution < -0.4 is 0 Å². The van der Waals surface area contributed by atoms with E-state index in [0.717, 1.165) is 0 Å². The number of ketones is 1. The van der Waals surface area contributed by atoms with Crippen LogP contribution in [0.2, 0.25) is 0 Å². The van der Waals surface area contributed by atoms with Crippen LogP contribution in [0.15, 0.2) is 34.9 Å². The van der Waals surface area contributed by atoms with Gasteiger partial charge in [-0.2, -0.15) is 10.5 Å². The zero-order valence-electron chi connectivity index (χ0n) is 8.18. The van der Waals surface area contributed by atoms with Gasteiger partial charge in [0.1, 0.15) is 11.8 Å². The summed E-state index contributed by atoms with van der Waals surface area (Å²) < 4.78 is 5.17. The van der Waals surface area contributed by atoms with E-state index in [-0.39, 0.29) is 5.56 Å². The van der Waals surface area contributed by atoms with Crippen molar-refractivity contribution in [3.63, 3.8) is 0 Å². The Morgan fingerprint density at radius 2 is 1.94 bits per heavy atom. The maximum atomic E-state index is 11.8. The number of furan rings is 1. The molecule has 4 nitrogen and oxygen atoms in total. The van der Waals surface area contributed by atoms with Gasteiger partial charge in [-0.1, -0.05) is 18.2 Å². The molecule has 0 spiro atoms. The van der Waals surface area contributed by atoms with Crippen molar-refractivity contribution in [3.05, 3.63) is 36.1 Å². The van der Waals surface area contributed by atoms with Gasteiger partial charge in [0.05, 0.1) is 17.7 Å². The summed E-state index contributed by atoms with van der Waals surface area (Å²) in [6.45, 7) is 0. The fraction of sp³-hybridized carbons (Fsp3) is 0.0833. The molecule has 0 radical (unpaired) electrons. The molecule has 1 aromatic heterocycles. The number of rotatable bonds is 2. The molecule has 0 aliphatic rings. The highest BCUT2D eigenvalue weighted by atomic mass is 16.3. The van der Waals surface area contributed by atoms with Gasteiger partial charge >= 0.3 is 0 Å². The number of carbonyl (C=O) groups is 1. The summed E-state index contributed by atoms with van der Waals surface area (Å²) in [5.74, 6) is -1.80. The van der Waals surface area contributed by atoms with Crippen molar-refractivity contribution in [3.8, 4) is 12.1 Å². The number of Topliss-reactive ketones (excluding diaryl/α,β-unsaturated/α-hetero) is 1. The number of hydrogen-bond acceptors (Lipinski definition) is 4. The first-order chi connectivity index (χ1) is 7.77. The molecule has 16 heavy (non-hydrogen) atoms. The summed E-state index contributed by atoms with van der Waals surface area (Å²) in [7, 11) is 0. The lowest BCUT2D eigenvalue weighted by molar-refractivity contribution is 0.0971. The smallest absolute Gasteiger partial charge is 0.198 e. The average Bonchev–Trinajstić information content (AvgIpc) is 2.74. The summed E-state index contributed by atoms with van der Waals surface area (Å²) in [6.07, 6.45) is 1.29. The number of nitrogens with zero attached hydrogens (tertiary/aromatic N) is 2. The van der Waals surface area contributed by atoms with Crippen LogP contribution in [0, 0.1) is 28.6 Å². The molecule has 0 aliphatic carbocycles. The Balaban J connectivity index is 2.54. The Morgan fingerprint density at radius 3 is 2.62 bits per heavy atom. The summed E-state index contributed by atoms with van der Waals surface area (Å²) in [4.78, 5) is 11.8. The molecule has 0 saturated carbocycles. The Morgan fingerprint density at radius 1 is 1.25 bits per heavy atom. The molecule has 2 aromatic rings. The van der Waals surface area contributed by atoms with E-state index in [1.54, 1.807) is 36.4 Å². The molecular formula is C12H6N2O2. The number of benzene rings is 1. The van der Waals surface area contributed by atoms with E-state index in [2.05, 4.69) is 0 Å². The molecule has 0 bridgehead atoms. The molecule has 76 valence electrons. The number of carbonyl (C=O) groups excluding carboxylic acids is 1. The molecular weight excluding hydrogens is 204 g/mol. The largest absolute Gasteiger partial charge is 0.464 e. The van der Waals surface area contributed by atoms with Gasteiger partial charge in [0.15, 0.2) is 11.7 Å². The number of fused-ring (bicyclic) bond motifs is 1. The molecule has 0 N–H and O–H groups in total. The lowest BCUT2D eigenvalue weighted by Crippen LogP contribution is -2.09. The van der Waals surface area contributed by atoms with Gasteiger partial charge in [-0.3, -0.25) is 4.79 Å². The van der Waals surface area contributed by atoms with E-state index in [4.69, 9.17) is 14.9 Å². The van der Waals surface area contributed by atoms with E-state index >= 15 is 0 Å². The Hall–Kier alpha value is -2.59. The third kappa shape index (κ3) is 1.43. The average molecular weight is 210 g/mol. The number of nitriles is 2. The van der Waals surface area contributed by atoms with E-state index < -0.39 is 11.7 Å². The second-order valence-corrected chi connectivity index (χ2v) is 3.20. The van der Waals surface area contributed by atoms with Crippen molar-refractivity contribution in [2.75, 3.05) is 0 Å². The zero-order chi connectivity index (χ0) is 11.5. The summed E-state index contributed by atoms with van der Waals surface area (Å²) in [6, 6.07) is 10.3. The molecule has 0 atom stereocenters. The predicted octanol–water partition coefficient (Wildman–Crippen LogP) is 2.28. The fourth-order valence-corrected chi connectivity index (χ4v) is 1.47. The van der Waals surface area contributed by atoms with Crippen molar-refractivity contribution in [1.29, 1.82) is 10.5 Å². The van der Waals surface area contributed by atoms with Gasteiger partial charge in [-0.15, -0.1) is 0 Å². The number of para-hydroxylation sites is 1. The third-order valence-electron chi connectivity index (χ3n) is 2.27. The van der Waals surface area contributed by atoms with Crippen LogP contribution in [0.5, 0.6) is 0 Å². The lowest BCUT2D eigenvalue weighted by Gasteiger charge is -1.96. The molecule has 0 amide bonds. The van der Waals surface area contributed by atoms with E-state index in [1.807, 2.05) is 0 Å². The van der Waals surface area contributed by atoms with Crippen molar-refractivity contribution < 1.29 is 9.21 Å². The quantitative estimate of drug-likeness (QED) is 0.712. The van der Waals surface area contributed by atoms with Gasteiger partial charge < -0.3 is 4.42 Å². The van der Waals surface area contributed by atoms with Crippen LogP contribution in [-0.4, -0.2) is 5.78 Å². The van der Waals surface area contributed by atoms with Gasteiger partial charge in [0.25, 0.3) is 0 Å². The maximum Gasteiger partial charge on any atom is 0.198 e. The second-order valence-electron chi connectivity index (χ2n) is 3.20. The van der Waals surface area contributed by atoms with E-state index in [1.165, 1.54) is 6.26 Å². The van der Waals surface area contributed by atoms with E-state index in [0.29, 0.717) is 11.0 Å². The van der Waals surface area contributed by atoms with Crippen LogP contribution in [0.1, 0.15) is 10.4 Å². The summed E-state index contributed by atoms with van der Waals surface area (Å²) >= 11 is 0. The molecule has 1 heterocycles.